The number of rotatable bonds is 6. The van der Waals surface area contributed by atoms with Gasteiger partial charge in [0.2, 0.25) is 0 Å². The van der Waals surface area contributed by atoms with Gasteiger partial charge < -0.3 is 0 Å². The third kappa shape index (κ3) is 4.15. The van der Waals surface area contributed by atoms with Crippen molar-refractivity contribution in [3.05, 3.63) is 35.9 Å². The zero-order chi connectivity index (χ0) is 12.0. The standard InChI is InChI=1S/C14H21NO/c1-4-14(16)11-15(12(2)3)10-13-8-6-5-7-9-13/h5-9,12H,4,10-11H2,1-3H3. The van der Waals surface area contributed by atoms with E-state index in [0.717, 1.165) is 6.54 Å². The van der Waals surface area contributed by atoms with Crippen molar-refractivity contribution >= 4 is 5.78 Å². The van der Waals surface area contributed by atoms with Crippen molar-refractivity contribution in [1.29, 1.82) is 0 Å². The first-order valence-corrected chi connectivity index (χ1v) is 5.93. The zero-order valence-electron chi connectivity index (χ0n) is 10.4. The smallest absolute Gasteiger partial charge is 0.146 e. The molecular weight excluding hydrogens is 198 g/mol. The predicted molar refractivity (Wildman–Crippen MR) is 67.3 cm³/mol. The number of carbonyl (C=O) groups excluding carboxylic acids is 1. The Morgan fingerprint density at radius 3 is 2.38 bits per heavy atom. The first-order chi connectivity index (χ1) is 7.63. The van der Waals surface area contributed by atoms with Gasteiger partial charge in [0.05, 0.1) is 6.54 Å². The fourth-order valence-electron chi connectivity index (χ4n) is 1.58. The van der Waals surface area contributed by atoms with Gasteiger partial charge in [-0.05, 0) is 19.4 Å². The summed E-state index contributed by atoms with van der Waals surface area (Å²) in [6.45, 7) is 7.59. The van der Waals surface area contributed by atoms with Crippen LogP contribution in [0.1, 0.15) is 32.8 Å². The molecule has 88 valence electrons. The molecule has 0 N–H and O–H groups in total. The summed E-state index contributed by atoms with van der Waals surface area (Å²) in [7, 11) is 0. The summed E-state index contributed by atoms with van der Waals surface area (Å²) < 4.78 is 0. The highest BCUT2D eigenvalue weighted by atomic mass is 16.1. The molecule has 2 heteroatoms. The quantitative estimate of drug-likeness (QED) is 0.733. The largest absolute Gasteiger partial charge is 0.298 e. The van der Waals surface area contributed by atoms with Crippen LogP contribution >= 0.6 is 0 Å². The van der Waals surface area contributed by atoms with Gasteiger partial charge in [-0.15, -0.1) is 0 Å². The van der Waals surface area contributed by atoms with Crippen molar-refractivity contribution in [3.8, 4) is 0 Å². The van der Waals surface area contributed by atoms with Crippen molar-refractivity contribution in [3.63, 3.8) is 0 Å². The molecule has 1 rings (SSSR count). The SMILES string of the molecule is CCC(=O)CN(Cc1ccccc1)C(C)C. The fourth-order valence-corrected chi connectivity index (χ4v) is 1.58. The van der Waals surface area contributed by atoms with Crippen molar-refractivity contribution in [1.82, 2.24) is 4.90 Å². The maximum Gasteiger partial charge on any atom is 0.146 e. The summed E-state index contributed by atoms with van der Waals surface area (Å²) in [5.41, 5.74) is 1.26. The van der Waals surface area contributed by atoms with E-state index < -0.39 is 0 Å². The van der Waals surface area contributed by atoms with Gasteiger partial charge in [-0.2, -0.15) is 0 Å². The molecule has 0 unspecified atom stereocenters. The maximum absolute atomic E-state index is 11.5. The number of hydrogen-bond donors (Lipinski definition) is 0. The van der Waals surface area contributed by atoms with Gasteiger partial charge >= 0.3 is 0 Å². The molecule has 0 radical (unpaired) electrons. The molecular formula is C14H21NO. The van der Waals surface area contributed by atoms with E-state index in [1.807, 2.05) is 25.1 Å². The van der Waals surface area contributed by atoms with Crippen molar-refractivity contribution < 1.29 is 4.79 Å². The molecule has 0 saturated carbocycles. The Morgan fingerprint density at radius 2 is 1.88 bits per heavy atom. The average Bonchev–Trinajstić information content (AvgIpc) is 2.29. The highest BCUT2D eigenvalue weighted by Crippen LogP contribution is 2.08. The predicted octanol–water partition coefficient (Wildman–Crippen LogP) is 2.88. The van der Waals surface area contributed by atoms with Crippen LogP contribution in [-0.2, 0) is 11.3 Å². The second-order valence-corrected chi connectivity index (χ2v) is 4.38. The van der Waals surface area contributed by atoms with E-state index in [1.54, 1.807) is 0 Å². The fraction of sp³-hybridized carbons (Fsp3) is 0.500. The second-order valence-electron chi connectivity index (χ2n) is 4.38. The summed E-state index contributed by atoms with van der Waals surface area (Å²) in [5, 5.41) is 0. The number of ketones is 1. The van der Waals surface area contributed by atoms with E-state index in [-0.39, 0.29) is 0 Å². The van der Waals surface area contributed by atoms with Crippen LogP contribution in [0.15, 0.2) is 30.3 Å². The van der Waals surface area contributed by atoms with Gasteiger partial charge in [0.15, 0.2) is 0 Å². The molecule has 0 aliphatic carbocycles. The van der Waals surface area contributed by atoms with Gasteiger partial charge in [-0.1, -0.05) is 37.3 Å². The molecule has 0 saturated heterocycles. The van der Waals surface area contributed by atoms with Crippen LogP contribution in [0.4, 0.5) is 0 Å². The first kappa shape index (κ1) is 12.9. The number of benzene rings is 1. The molecule has 16 heavy (non-hydrogen) atoms. The molecule has 0 aliphatic rings. The molecule has 1 aromatic rings. The zero-order valence-corrected chi connectivity index (χ0v) is 10.4. The molecule has 0 heterocycles. The third-order valence-electron chi connectivity index (χ3n) is 2.73. The molecule has 0 atom stereocenters. The molecule has 2 nitrogen and oxygen atoms in total. The second kappa shape index (κ2) is 6.44. The number of nitrogens with zero attached hydrogens (tertiary/aromatic N) is 1. The van der Waals surface area contributed by atoms with E-state index in [1.165, 1.54) is 5.56 Å². The lowest BCUT2D eigenvalue weighted by Gasteiger charge is -2.25. The normalized spacial score (nSPS) is 11.1. The lowest BCUT2D eigenvalue weighted by atomic mass is 10.1. The van der Waals surface area contributed by atoms with Gasteiger partial charge in [0.25, 0.3) is 0 Å². The molecule has 0 amide bonds. The molecule has 0 spiro atoms. The van der Waals surface area contributed by atoms with E-state index in [2.05, 4.69) is 30.9 Å². The maximum atomic E-state index is 11.5. The Kier molecular flexibility index (Phi) is 5.20. The van der Waals surface area contributed by atoms with Crippen LogP contribution in [0.3, 0.4) is 0 Å². The third-order valence-corrected chi connectivity index (χ3v) is 2.73. The van der Waals surface area contributed by atoms with Crippen LogP contribution < -0.4 is 0 Å². The van der Waals surface area contributed by atoms with E-state index in [4.69, 9.17) is 0 Å². The summed E-state index contributed by atoms with van der Waals surface area (Å²) >= 11 is 0. The monoisotopic (exact) mass is 219 g/mol. The summed E-state index contributed by atoms with van der Waals surface area (Å²) in [5.74, 6) is 0.310. The molecule has 1 aromatic carbocycles. The van der Waals surface area contributed by atoms with Crippen LogP contribution in [0.25, 0.3) is 0 Å². The van der Waals surface area contributed by atoms with Crippen molar-refractivity contribution in [2.45, 2.75) is 39.8 Å². The van der Waals surface area contributed by atoms with Crippen LogP contribution in [0, 0.1) is 0 Å². The van der Waals surface area contributed by atoms with E-state index in [0.29, 0.717) is 24.8 Å². The highest BCUT2D eigenvalue weighted by molar-refractivity contribution is 5.80. The average molecular weight is 219 g/mol. The molecule has 0 aliphatic heterocycles. The van der Waals surface area contributed by atoms with Gasteiger partial charge in [-0.3, -0.25) is 9.69 Å². The molecule has 0 bridgehead atoms. The van der Waals surface area contributed by atoms with Gasteiger partial charge in [0, 0.05) is 19.0 Å². The highest BCUT2D eigenvalue weighted by Gasteiger charge is 2.12. The molecule has 0 aromatic heterocycles. The van der Waals surface area contributed by atoms with E-state index in [9.17, 15) is 4.79 Å². The Bertz CT molecular complexity index is 319. The Labute approximate surface area is 98.3 Å². The van der Waals surface area contributed by atoms with Gasteiger partial charge in [-0.25, -0.2) is 0 Å². The summed E-state index contributed by atoms with van der Waals surface area (Å²) in [6.07, 6.45) is 0.623. The number of Topliss-reactive ketones (excluding diaryl/α,β-unsaturated/α-hetero) is 1. The van der Waals surface area contributed by atoms with Crippen LogP contribution in [0.2, 0.25) is 0 Å². The minimum atomic E-state index is 0.310. The summed E-state index contributed by atoms with van der Waals surface area (Å²) in [4.78, 5) is 13.7. The van der Waals surface area contributed by atoms with E-state index >= 15 is 0 Å². The Balaban J connectivity index is 2.62. The summed E-state index contributed by atoms with van der Waals surface area (Å²) in [6, 6.07) is 10.7. The minimum absolute atomic E-state index is 0.310. The van der Waals surface area contributed by atoms with Crippen molar-refractivity contribution in [2.24, 2.45) is 0 Å². The lowest BCUT2D eigenvalue weighted by molar-refractivity contribution is -0.120. The number of carbonyl (C=O) groups is 1. The lowest BCUT2D eigenvalue weighted by Crippen LogP contribution is -2.34. The van der Waals surface area contributed by atoms with Crippen molar-refractivity contribution in [2.75, 3.05) is 6.54 Å². The first-order valence-electron chi connectivity index (χ1n) is 5.93. The minimum Gasteiger partial charge on any atom is -0.298 e. The van der Waals surface area contributed by atoms with Gasteiger partial charge in [0.1, 0.15) is 5.78 Å². The Morgan fingerprint density at radius 1 is 1.25 bits per heavy atom. The number of hydrogen-bond acceptors (Lipinski definition) is 2. The van der Waals surface area contributed by atoms with Crippen LogP contribution in [-0.4, -0.2) is 23.3 Å². The topological polar surface area (TPSA) is 20.3 Å². The van der Waals surface area contributed by atoms with Crippen LogP contribution in [0.5, 0.6) is 0 Å². The molecule has 0 fully saturated rings. The Hall–Kier alpha value is -1.15.